The average molecular weight is 294 g/mol. The fraction of sp³-hybridized carbons (Fsp3) is 0.562. The van der Waals surface area contributed by atoms with Crippen molar-refractivity contribution in [2.45, 2.75) is 32.1 Å². The van der Waals surface area contributed by atoms with E-state index < -0.39 is 11.7 Å². The quantitative estimate of drug-likeness (QED) is 0.877. The zero-order valence-corrected chi connectivity index (χ0v) is 12.5. The van der Waals surface area contributed by atoms with Crippen LogP contribution in [0.15, 0.2) is 18.2 Å². The normalized spacial score (nSPS) is 17.3. The number of carbonyl (C=O) groups excluding carboxylic acids is 1. The van der Waals surface area contributed by atoms with Crippen LogP contribution in [-0.2, 0) is 0 Å². The molecule has 2 rings (SSSR count). The van der Waals surface area contributed by atoms with Gasteiger partial charge in [0.25, 0.3) is 5.91 Å². The lowest BCUT2D eigenvalue weighted by Gasteiger charge is -2.36. The van der Waals surface area contributed by atoms with E-state index in [4.69, 9.17) is 10.5 Å². The lowest BCUT2D eigenvalue weighted by atomic mass is 9.74. The summed E-state index contributed by atoms with van der Waals surface area (Å²) in [6, 6.07) is 4.24. The molecule has 3 N–H and O–H groups in total. The molecule has 5 heteroatoms. The molecule has 1 saturated carbocycles. The molecule has 21 heavy (non-hydrogen) atoms. The Hall–Kier alpha value is -1.62. The van der Waals surface area contributed by atoms with Gasteiger partial charge in [0.15, 0.2) is 0 Å². The summed E-state index contributed by atoms with van der Waals surface area (Å²) in [6.07, 6.45) is 5.56. The van der Waals surface area contributed by atoms with Crippen molar-refractivity contribution in [3.8, 4) is 5.75 Å². The maximum Gasteiger partial charge on any atom is 0.254 e. The van der Waals surface area contributed by atoms with E-state index in [0.29, 0.717) is 18.8 Å². The first-order chi connectivity index (χ1) is 10.1. The van der Waals surface area contributed by atoms with Crippen molar-refractivity contribution in [2.24, 2.45) is 11.1 Å². The number of hydrogen-bond acceptors (Lipinski definition) is 3. The second kappa shape index (κ2) is 6.89. The Morgan fingerprint density at radius 1 is 1.38 bits per heavy atom. The highest BCUT2D eigenvalue weighted by Crippen LogP contribution is 2.34. The highest BCUT2D eigenvalue weighted by Gasteiger charge is 2.31. The fourth-order valence-electron chi connectivity index (χ4n) is 2.92. The lowest BCUT2D eigenvalue weighted by Crippen LogP contribution is -2.43. The summed E-state index contributed by atoms with van der Waals surface area (Å²) in [5, 5.41) is 2.84. The number of carbonyl (C=O) groups is 1. The van der Waals surface area contributed by atoms with Gasteiger partial charge in [-0.25, -0.2) is 4.39 Å². The van der Waals surface area contributed by atoms with Crippen LogP contribution in [0.5, 0.6) is 5.75 Å². The summed E-state index contributed by atoms with van der Waals surface area (Å²) in [6.45, 7) is 1.06. The summed E-state index contributed by atoms with van der Waals surface area (Å²) < 4.78 is 18.8. The molecule has 0 unspecified atom stereocenters. The van der Waals surface area contributed by atoms with Crippen LogP contribution in [0.25, 0.3) is 0 Å². The molecule has 0 spiro atoms. The highest BCUT2D eigenvalue weighted by molar-refractivity contribution is 5.94. The van der Waals surface area contributed by atoms with Crippen molar-refractivity contribution < 1.29 is 13.9 Å². The zero-order chi connectivity index (χ0) is 15.3. The number of amides is 1. The van der Waals surface area contributed by atoms with E-state index >= 15 is 0 Å². The Bertz CT molecular complexity index is 499. The Morgan fingerprint density at radius 3 is 2.67 bits per heavy atom. The van der Waals surface area contributed by atoms with Gasteiger partial charge < -0.3 is 15.8 Å². The van der Waals surface area contributed by atoms with Crippen LogP contribution < -0.4 is 15.8 Å². The zero-order valence-electron chi connectivity index (χ0n) is 12.5. The van der Waals surface area contributed by atoms with Gasteiger partial charge in [0.05, 0.1) is 12.7 Å². The summed E-state index contributed by atoms with van der Waals surface area (Å²) >= 11 is 0. The van der Waals surface area contributed by atoms with Gasteiger partial charge in [-0.2, -0.15) is 0 Å². The van der Waals surface area contributed by atoms with Crippen LogP contribution >= 0.6 is 0 Å². The first kappa shape index (κ1) is 15.8. The van der Waals surface area contributed by atoms with Crippen molar-refractivity contribution in [3.05, 3.63) is 29.6 Å². The van der Waals surface area contributed by atoms with Gasteiger partial charge in [-0.1, -0.05) is 19.3 Å². The van der Waals surface area contributed by atoms with E-state index in [1.54, 1.807) is 6.07 Å². The molecule has 1 aromatic carbocycles. The second-order valence-corrected chi connectivity index (χ2v) is 5.79. The third-order valence-electron chi connectivity index (χ3n) is 4.39. The second-order valence-electron chi connectivity index (χ2n) is 5.79. The average Bonchev–Trinajstić information content (AvgIpc) is 2.53. The number of nitrogens with two attached hydrogens (primary N) is 1. The van der Waals surface area contributed by atoms with Crippen molar-refractivity contribution in [2.75, 3.05) is 20.2 Å². The summed E-state index contributed by atoms with van der Waals surface area (Å²) in [7, 11) is 1.46. The highest BCUT2D eigenvalue weighted by atomic mass is 19.1. The predicted molar refractivity (Wildman–Crippen MR) is 79.9 cm³/mol. The molecule has 4 nitrogen and oxygen atoms in total. The Kier molecular flexibility index (Phi) is 5.17. The first-order valence-corrected chi connectivity index (χ1v) is 7.42. The SMILES string of the molecule is COc1ccc(C(=O)NCC2(CN)CCCCC2)c(F)c1. The topological polar surface area (TPSA) is 64.3 Å². The predicted octanol–water partition coefficient (Wildman–Crippen LogP) is 2.47. The molecule has 0 aromatic heterocycles. The van der Waals surface area contributed by atoms with Gasteiger partial charge in [-0.15, -0.1) is 0 Å². The van der Waals surface area contributed by atoms with Gasteiger partial charge in [-0.3, -0.25) is 4.79 Å². The maximum absolute atomic E-state index is 13.9. The maximum atomic E-state index is 13.9. The molecular weight excluding hydrogens is 271 g/mol. The molecule has 0 saturated heterocycles. The Morgan fingerprint density at radius 2 is 2.10 bits per heavy atom. The molecule has 0 radical (unpaired) electrons. The number of ether oxygens (including phenoxy) is 1. The molecule has 0 heterocycles. The molecule has 116 valence electrons. The monoisotopic (exact) mass is 294 g/mol. The number of nitrogens with one attached hydrogen (secondary N) is 1. The number of hydrogen-bond donors (Lipinski definition) is 2. The number of halogens is 1. The minimum Gasteiger partial charge on any atom is -0.497 e. The first-order valence-electron chi connectivity index (χ1n) is 7.42. The molecule has 1 aliphatic carbocycles. The minimum absolute atomic E-state index is 0.0309. The minimum atomic E-state index is -0.572. The molecular formula is C16H23FN2O2. The van der Waals surface area contributed by atoms with Crippen LogP contribution in [0.2, 0.25) is 0 Å². The van der Waals surface area contributed by atoms with Gasteiger partial charge >= 0.3 is 0 Å². The standard InChI is InChI=1S/C16H23FN2O2/c1-21-12-5-6-13(14(17)9-12)15(20)19-11-16(10-18)7-3-2-4-8-16/h5-6,9H,2-4,7-8,10-11,18H2,1H3,(H,19,20). The van der Waals surface area contributed by atoms with E-state index in [0.717, 1.165) is 25.7 Å². The molecule has 0 bridgehead atoms. The van der Waals surface area contributed by atoms with Crippen LogP contribution in [0.3, 0.4) is 0 Å². The number of benzene rings is 1. The van der Waals surface area contributed by atoms with E-state index in [1.165, 1.54) is 25.7 Å². The Labute approximate surface area is 124 Å². The smallest absolute Gasteiger partial charge is 0.254 e. The summed E-state index contributed by atoms with van der Waals surface area (Å²) in [5.41, 5.74) is 5.90. The molecule has 0 aliphatic heterocycles. The Balaban J connectivity index is 2.01. The molecule has 1 fully saturated rings. The molecule has 0 atom stereocenters. The van der Waals surface area contributed by atoms with Crippen molar-refractivity contribution in [1.82, 2.24) is 5.32 Å². The van der Waals surface area contributed by atoms with Gasteiger partial charge in [-0.05, 0) is 36.9 Å². The third kappa shape index (κ3) is 3.73. The number of rotatable bonds is 5. The summed E-state index contributed by atoms with van der Waals surface area (Å²) in [4.78, 5) is 12.1. The van der Waals surface area contributed by atoms with Gasteiger partial charge in [0.2, 0.25) is 0 Å². The van der Waals surface area contributed by atoms with E-state index in [2.05, 4.69) is 5.32 Å². The largest absolute Gasteiger partial charge is 0.497 e. The van der Waals surface area contributed by atoms with E-state index in [9.17, 15) is 9.18 Å². The van der Waals surface area contributed by atoms with Gasteiger partial charge in [0, 0.05) is 12.6 Å². The summed E-state index contributed by atoms with van der Waals surface area (Å²) in [5.74, 6) is -0.569. The van der Waals surface area contributed by atoms with Crippen LogP contribution in [0.1, 0.15) is 42.5 Å². The molecule has 1 aliphatic rings. The van der Waals surface area contributed by atoms with E-state index in [1.807, 2.05) is 0 Å². The third-order valence-corrected chi connectivity index (χ3v) is 4.39. The lowest BCUT2D eigenvalue weighted by molar-refractivity contribution is 0.0910. The van der Waals surface area contributed by atoms with Crippen LogP contribution in [0.4, 0.5) is 4.39 Å². The number of methoxy groups -OCH3 is 1. The van der Waals surface area contributed by atoms with Crippen molar-refractivity contribution in [1.29, 1.82) is 0 Å². The van der Waals surface area contributed by atoms with Crippen LogP contribution in [0, 0.1) is 11.2 Å². The molecule has 1 aromatic rings. The van der Waals surface area contributed by atoms with Gasteiger partial charge in [0.1, 0.15) is 11.6 Å². The van der Waals surface area contributed by atoms with Crippen LogP contribution in [-0.4, -0.2) is 26.1 Å². The fourth-order valence-corrected chi connectivity index (χ4v) is 2.92. The molecule has 1 amide bonds. The van der Waals surface area contributed by atoms with Crippen molar-refractivity contribution >= 4 is 5.91 Å². The van der Waals surface area contributed by atoms with Crippen molar-refractivity contribution in [3.63, 3.8) is 0 Å². The van der Waals surface area contributed by atoms with E-state index in [-0.39, 0.29) is 11.0 Å².